The molecule has 0 saturated carbocycles. The number of carbonyl (C=O) groups excluding carboxylic acids is 1. The van der Waals surface area contributed by atoms with Gasteiger partial charge >= 0.3 is 0 Å². The molecule has 2 rings (SSSR count). The van der Waals surface area contributed by atoms with E-state index < -0.39 is 0 Å². The Morgan fingerprint density at radius 2 is 2.25 bits per heavy atom. The van der Waals surface area contributed by atoms with E-state index >= 15 is 0 Å². The summed E-state index contributed by atoms with van der Waals surface area (Å²) in [5, 5.41) is 0. The van der Waals surface area contributed by atoms with Crippen molar-refractivity contribution in [3.8, 4) is 0 Å². The molecule has 2 aromatic rings. The van der Waals surface area contributed by atoms with Gasteiger partial charge in [0.1, 0.15) is 5.78 Å². The van der Waals surface area contributed by atoms with Gasteiger partial charge < -0.3 is 9.36 Å². The Bertz CT molecular complexity index is 514. The van der Waals surface area contributed by atoms with Gasteiger partial charge in [0.2, 0.25) is 0 Å². The number of rotatable bonds is 4. The Morgan fingerprint density at radius 1 is 1.44 bits per heavy atom. The predicted octanol–water partition coefficient (Wildman–Crippen LogP) is 2.58. The number of benzene rings is 1. The highest BCUT2D eigenvalue weighted by atomic mass is 16.1. The first-order valence-electron chi connectivity index (χ1n) is 5.64. The molecule has 0 amide bonds. The molecule has 1 aromatic carbocycles. The van der Waals surface area contributed by atoms with E-state index in [0.29, 0.717) is 6.42 Å². The molecule has 16 heavy (non-hydrogen) atoms. The van der Waals surface area contributed by atoms with Crippen LogP contribution in [-0.2, 0) is 17.8 Å². The number of ketones is 1. The molecule has 3 nitrogen and oxygen atoms in total. The first-order chi connectivity index (χ1) is 7.70. The van der Waals surface area contributed by atoms with Gasteiger partial charge in [-0.05, 0) is 38.0 Å². The van der Waals surface area contributed by atoms with Gasteiger partial charge in [0, 0.05) is 13.0 Å². The van der Waals surface area contributed by atoms with Crippen molar-refractivity contribution in [1.29, 1.82) is 0 Å². The van der Waals surface area contributed by atoms with Crippen LogP contribution in [0.3, 0.4) is 0 Å². The quantitative estimate of drug-likeness (QED) is 0.787. The van der Waals surface area contributed by atoms with Crippen molar-refractivity contribution < 1.29 is 4.79 Å². The molecular formula is C13H16N2O. The Balaban J connectivity index is 2.27. The van der Waals surface area contributed by atoms with E-state index in [1.165, 1.54) is 5.56 Å². The van der Waals surface area contributed by atoms with Gasteiger partial charge in [-0.1, -0.05) is 6.07 Å². The molecule has 0 N–H and O–H groups in total. The largest absolute Gasteiger partial charge is 0.331 e. The molecule has 0 bridgehead atoms. The Kier molecular flexibility index (Phi) is 3.04. The number of hydrogen-bond acceptors (Lipinski definition) is 2. The second kappa shape index (κ2) is 4.47. The van der Waals surface area contributed by atoms with E-state index in [-0.39, 0.29) is 5.78 Å². The molecule has 1 aromatic heterocycles. The lowest BCUT2D eigenvalue weighted by atomic mass is 10.1. The smallest absolute Gasteiger partial charge is 0.130 e. The highest BCUT2D eigenvalue weighted by Gasteiger charge is 2.03. The number of imidazole rings is 1. The van der Waals surface area contributed by atoms with E-state index in [1.54, 1.807) is 6.92 Å². The fourth-order valence-electron chi connectivity index (χ4n) is 1.84. The SMILES string of the molecule is CCn1cnc2cc(CCC(C)=O)ccc21. The lowest BCUT2D eigenvalue weighted by molar-refractivity contribution is -0.116. The molecule has 0 unspecified atom stereocenters. The van der Waals surface area contributed by atoms with Crippen LogP contribution < -0.4 is 0 Å². The molecule has 0 aliphatic rings. The Labute approximate surface area is 95.1 Å². The van der Waals surface area contributed by atoms with E-state index in [1.807, 2.05) is 6.33 Å². The second-order valence-electron chi connectivity index (χ2n) is 4.06. The van der Waals surface area contributed by atoms with Crippen LogP contribution in [0.5, 0.6) is 0 Å². The van der Waals surface area contributed by atoms with Crippen molar-refractivity contribution in [3.05, 3.63) is 30.1 Å². The monoisotopic (exact) mass is 216 g/mol. The summed E-state index contributed by atoms with van der Waals surface area (Å²) in [7, 11) is 0. The van der Waals surface area contributed by atoms with Crippen molar-refractivity contribution in [2.24, 2.45) is 0 Å². The number of carbonyl (C=O) groups is 1. The zero-order chi connectivity index (χ0) is 11.5. The van der Waals surface area contributed by atoms with Crippen LogP contribution in [0.15, 0.2) is 24.5 Å². The molecule has 1 heterocycles. The molecule has 0 saturated heterocycles. The average Bonchev–Trinajstić information content (AvgIpc) is 2.68. The third-order valence-corrected chi connectivity index (χ3v) is 2.79. The van der Waals surface area contributed by atoms with Crippen LogP contribution in [0.4, 0.5) is 0 Å². The zero-order valence-electron chi connectivity index (χ0n) is 9.73. The summed E-state index contributed by atoms with van der Waals surface area (Å²) >= 11 is 0. The summed E-state index contributed by atoms with van der Waals surface area (Å²) in [5.74, 6) is 0.235. The zero-order valence-corrected chi connectivity index (χ0v) is 9.73. The number of nitrogens with zero attached hydrogens (tertiary/aromatic N) is 2. The topological polar surface area (TPSA) is 34.9 Å². The third-order valence-electron chi connectivity index (χ3n) is 2.79. The lowest BCUT2D eigenvalue weighted by Gasteiger charge is -2.01. The van der Waals surface area contributed by atoms with Gasteiger partial charge in [0.15, 0.2) is 0 Å². The number of fused-ring (bicyclic) bond motifs is 1. The molecule has 3 heteroatoms. The highest BCUT2D eigenvalue weighted by Crippen LogP contribution is 2.16. The highest BCUT2D eigenvalue weighted by molar-refractivity contribution is 5.77. The lowest BCUT2D eigenvalue weighted by Crippen LogP contribution is -1.94. The van der Waals surface area contributed by atoms with Crippen LogP contribution in [0.2, 0.25) is 0 Å². The van der Waals surface area contributed by atoms with Gasteiger partial charge in [0.05, 0.1) is 17.4 Å². The molecule has 0 aliphatic heterocycles. The average molecular weight is 216 g/mol. The summed E-state index contributed by atoms with van der Waals surface area (Å²) in [6.45, 7) is 4.67. The maximum atomic E-state index is 10.9. The molecule has 0 spiro atoms. The van der Waals surface area contributed by atoms with E-state index in [9.17, 15) is 4.79 Å². The van der Waals surface area contributed by atoms with Crippen molar-refractivity contribution in [3.63, 3.8) is 0 Å². The van der Waals surface area contributed by atoms with Crippen molar-refractivity contribution >= 4 is 16.8 Å². The van der Waals surface area contributed by atoms with Crippen LogP contribution >= 0.6 is 0 Å². The Morgan fingerprint density at radius 3 is 2.94 bits per heavy atom. The first kappa shape index (κ1) is 10.9. The van der Waals surface area contributed by atoms with Crippen LogP contribution in [0.25, 0.3) is 11.0 Å². The fourth-order valence-corrected chi connectivity index (χ4v) is 1.84. The van der Waals surface area contributed by atoms with Crippen LogP contribution in [0.1, 0.15) is 25.8 Å². The fraction of sp³-hybridized carbons (Fsp3) is 0.385. The third kappa shape index (κ3) is 2.13. The van der Waals surface area contributed by atoms with E-state index in [2.05, 4.69) is 34.7 Å². The standard InChI is InChI=1S/C13H16N2O/c1-3-15-9-14-12-8-11(5-4-10(2)16)6-7-13(12)15/h6-9H,3-5H2,1-2H3. The van der Waals surface area contributed by atoms with Crippen molar-refractivity contribution in [1.82, 2.24) is 9.55 Å². The van der Waals surface area contributed by atoms with Gasteiger partial charge in [-0.25, -0.2) is 4.98 Å². The summed E-state index contributed by atoms with van der Waals surface area (Å²) in [4.78, 5) is 15.3. The molecule has 0 fully saturated rings. The first-order valence-corrected chi connectivity index (χ1v) is 5.64. The maximum absolute atomic E-state index is 10.9. The van der Waals surface area contributed by atoms with Gasteiger partial charge in [-0.2, -0.15) is 0 Å². The normalized spacial score (nSPS) is 10.9. The number of Topliss-reactive ketones (excluding diaryl/α,β-unsaturated/α-hetero) is 1. The van der Waals surface area contributed by atoms with Gasteiger partial charge in [0.25, 0.3) is 0 Å². The van der Waals surface area contributed by atoms with E-state index in [4.69, 9.17) is 0 Å². The Hall–Kier alpha value is -1.64. The number of aryl methyl sites for hydroxylation is 2. The minimum Gasteiger partial charge on any atom is -0.331 e. The minimum atomic E-state index is 0.235. The van der Waals surface area contributed by atoms with Crippen LogP contribution in [-0.4, -0.2) is 15.3 Å². The summed E-state index contributed by atoms with van der Waals surface area (Å²) in [6, 6.07) is 6.24. The number of aromatic nitrogens is 2. The van der Waals surface area contributed by atoms with Gasteiger partial charge in [-0.15, -0.1) is 0 Å². The summed E-state index contributed by atoms with van der Waals surface area (Å²) in [5.41, 5.74) is 3.36. The van der Waals surface area contributed by atoms with Crippen molar-refractivity contribution in [2.75, 3.05) is 0 Å². The maximum Gasteiger partial charge on any atom is 0.130 e. The van der Waals surface area contributed by atoms with Crippen molar-refractivity contribution in [2.45, 2.75) is 33.2 Å². The second-order valence-corrected chi connectivity index (χ2v) is 4.06. The minimum absolute atomic E-state index is 0.235. The van der Waals surface area contributed by atoms with Crippen LogP contribution in [0, 0.1) is 0 Å². The molecule has 0 radical (unpaired) electrons. The summed E-state index contributed by atoms with van der Waals surface area (Å²) < 4.78 is 2.12. The van der Waals surface area contributed by atoms with E-state index in [0.717, 1.165) is 24.0 Å². The molecule has 84 valence electrons. The van der Waals surface area contributed by atoms with Gasteiger partial charge in [-0.3, -0.25) is 0 Å². The summed E-state index contributed by atoms with van der Waals surface area (Å²) in [6.07, 6.45) is 3.28. The predicted molar refractivity (Wildman–Crippen MR) is 64.4 cm³/mol. The molecule has 0 atom stereocenters. The molecule has 0 aliphatic carbocycles. The molecular weight excluding hydrogens is 200 g/mol. The number of hydrogen-bond donors (Lipinski definition) is 0.